The number of hydrazine groups is 1. The van der Waals surface area contributed by atoms with Crippen molar-refractivity contribution >= 4 is 21.8 Å². The van der Waals surface area contributed by atoms with E-state index < -0.39 is 23.2 Å². The molecule has 1 aromatic rings. The molecule has 5 N–H and O–H groups in total. The number of nitrogens with two attached hydrogens (primary N) is 2. The molecule has 0 bridgehead atoms. The summed E-state index contributed by atoms with van der Waals surface area (Å²) in [6, 6.07) is 3.72. The van der Waals surface area contributed by atoms with Crippen LogP contribution in [-0.4, -0.2) is 29.2 Å². The molecule has 1 rings (SSSR count). The maximum absolute atomic E-state index is 13.3. The number of rotatable bonds is 2. The van der Waals surface area contributed by atoms with E-state index in [1.54, 1.807) is 6.92 Å². The Morgan fingerprint density at radius 3 is 2.30 bits per heavy atom. The summed E-state index contributed by atoms with van der Waals surface area (Å²) in [7, 11) is 1.10. The monoisotopic (exact) mass is 354 g/mol. The van der Waals surface area contributed by atoms with Crippen LogP contribution in [0.1, 0.15) is 11.1 Å². The Bertz CT molecular complexity index is 533. The molecule has 0 spiro atoms. The number of aliphatic hydroxyl groups is 1. The van der Waals surface area contributed by atoms with Crippen molar-refractivity contribution in [1.29, 1.82) is 0 Å². The van der Waals surface area contributed by atoms with E-state index in [4.69, 9.17) is 11.7 Å². The minimum atomic E-state index is -5.05. The third-order valence-corrected chi connectivity index (χ3v) is 3.63. The van der Waals surface area contributed by atoms with Crippen LogP contribution in [-0.2, 0) is 5.60 Å². The number of hydrazone groups is 1. The topological polar surface area (TPSA) is 87.9 Å². The van der Waals surface area contributed by atoms with E-state index in [1.807, 2.05) is 0 Å². The molecule has 0 aliphatic carbocycles. The number of hydrogen-bond donors (Lipinski definition) is 3. The van der Waals surface area contributed by atoms with Gasteiger partial charge in [0.2, 0.25) is 5.60 Å². The summed E-state index contributed by atoms with van der Waals surface area (Å²) in [6.07, 6.45) is -5.05. The second-order valence-electron chi connectivity index (χ2n) is 4.24. The molecule has 0 saturated carbocycles. The molecule has 0 radical (unpaired) electrons. The highest BCUT2D eigenvalue weighted by Crippen LogP contribution is 2.41. The van der Waals surface area contributed by atoms with Gasteiger partial charge in [-0.2, -0.15) is 18.3 Å². The Morgan fingerprint density at radius 2 is 1.95 bits per heavy atom. The van der Waals surface area contributed by atoms with Crippen molar-refractivity contribution in [3.63, 3.8) is 0 Å². The second-order valence-corrected chi connectivity index (χ2v) is 5.09. The lowest BCUT2D eigenvalue weighted by Gasteiger charge is -2.34. The number of hydrogen-bond acceptors (Lipinski definition) is 4. The average Bonchev–Trinajstić information content (AvgIpc) is 2.31. The van der Waals surface area contributed by atoms with Gasteiger partial charge in [-0.25, -0.2) is 5.84 Å². The van der Waals surface area contributed by atoms with Crippen LogP contribution < -0.4 is 11.7 Å². The highest BCUT2D eigenvalue weighted by Gasteiger charge is 2.60. The lowest BCUT2D eigenvalue weighted by molar-refractivity contribution is -0.238. The molecule has 1 aromatic carbocycles. The Kier molecular flexibility index (Phi) is 4.67. The highest BCUT2D eigenvalue weighted by atomic mass is 79.9. The van der Waals surface area contributed by atoms with Crippen LogP contribution in [0.3, 0.4) is 0 Å². The first kappa shape index (κ1) is 16.7. The zero-order chi connectivity index (χ0) is 15.7. The standard InChI is InChI=1S/C11H14BrF3N4O/c1-6-3-4-7(5-8(6)12)10(20,11(13,14)15)9(18-16)19(2)17/h3-5,20H,16-17H2,1-2H3/b18-9-. The SMILES string of the molecule is Cc1ccc(C(O)(/C(=N/N)N(C)N)C(F)(F)F)cc1Br. The van der Waals surface area contributed by atoms with Gasteiger partial charge in [0.15, 0.2) is 5.84 Å². The van der Waals surface area contributed by atoms with Crippen molar-refractivity contribution in [2.75, 3.05) is 7.05 Å². The van der Waals surface area contributed by atoms with E-state index in [-0.39, 0.29) is 0 Å². The van der Waals surface area contributed by atoms with Crippen molar-refractivity contribution in [3.05, 3.63) is 33.8 Å². The van der Waals surface area contributed by atoms with Crippen LogP contribution in [0.4, 0.5) is 13.2 Å². The van der Waals surface area contributed by atoms with Crippen LogP contribution in [0.15, 0.2) is 27.8 Å². The third-order valence-electron chi connectivity index (χ3n) is 2.78. The van der Waals surface area contributed by atoms with E-state index in [0.717, 1.165) is 19.2 Å². The number of amidine groups is 1. The summed E-state index contributed by atoms with van der Waals surface area (Å²) in [5.74, 6) is 9.33. The molecule has 0 saturated heterocycles. The number of alkyl halides is 3. The zero-order valence-corrected chi connectivity index (χ0v) is 12.3. The van der Waals surface area contributed by atoms with E-state index in [0.29, 0.717) is 15.0 Å². The average molecular weight is 355 g/mol. The number of nitrogens with zero attached hydrogens (tertiary/aromatic N) is 2. The normalized spacial score (nSPS) is 15.9. The van der Waals surface area contributed by atoms with Crippen molar-refractivity contribution in [1.82, 2.24) is 5.01 Å². The predicted octanol–water partition coefficient (Wildman–Crippen LogP) is 1.59. The first-order valence-corrected chi connectivity index (χ1v) is 6.17. The van der Waals surface area contributed by atoms with E-state index >= 15 is 0 Å². The summed E-state index contributed by atoms with van der Waals surface area (Å²) in [4.78, 5) is 0. The Hall–Kier alpha value is -1.32. The largest absolute Gasteiger partial charge is 0.428 e. The molecular formula is C11H14BrF3N4O. The Labute approximate surface area is 122 Å². The van der Waals surface area contributed by atoms with Crippen molar-refractivity contribution in [3.8, 4) is 0 Å². The molecule has 9 heteroatoms. The van der Waals surface area contributed by atoms with Crippen LogP contribution in [0.2, 0.25) is 0 Å². The van der Waals surface area contributed by atoms with Gasteiger partial charge >= 0.3 is 6.18 Å². The molecule has 20 heavy (non-hydrogen) atoms. The van der Waals surface area contributed by atoms with Gasteiger partial charge in [0.1, 0.15) is 0 Å². The van der Waals surface area contributed by atoms with Crippen molar-refractivity contribution in [2.24, 2.45) is 16.8 Å². The smallest absolute Gasteiger partial charge is 0.370 e. The van der Waals surface area contributed by atoms with Crippen molar-refractivity contribution in [2.45, 2.75) is 18.7 Å². The predicted molar refractivity (Wildman–Crippen MR) is 72.4 cm³/mol. The van der Waals surface area contributed by atoms with Gasteiger partial charge in [0.05, 0.1) is 0 Å². The molecule has 0 fully saturated rings. The van der Waals surface area contributed by atoms with Gasteiger partial charge in [0, 0.05) is 17.1 Å². The van der Waals surface area contributed by atoms with E-state index in [2.05, 4.69) is 21.0 Å². The molecule has 0 heterocycles. The first-order chi connectivity index (χ1) is 9.05. The van der Waals surface area contributed by atoms with Crippen LogP contribution in [0.25, 0.3) is 0 Å². The highest BCUT2D eigenvalue weighted by molar-refractivity contribution is 9.10. The van der Waals surface area contributed by atoms with Gasteiger partial charge < -0.3 is 10.9 Å². The fraction of sp³-hybridized carbons (Fsp3) is 0.364. The minimum Gasteiger partial charge on any atom is -0.370 e. The number of aryl methyl sites for hydroxylation is 1. The van der Waals surface area contributed by atoms with Crippen LogP contribution >= 0.6 is 15.9 Å². The first-order valence-electron chi connectivity index (χ1n) is 5.38. The molecule has 0 amide bonds. The lowest BCUT2D eigenvalue weighted by Crippen LogP contribution is -2.57. The number of likely N-dealkylation sites (N-methyl/N-ethyl adjacent to an activating group) is 1. The van der Waals surface area contributed by atoms with E-state index in [1.165, 1.54) is 6.07 Å². The van der Waals surface area contributed by atoms with E-state index in [9.17, 15) is 18.3 Å². The molecule has 0 aliphatic rings. The zero-order valence-electron chi connectivity index (χ0n) is 10.7. The minimum absolute atomic E-state index is 0.411. The molecular weight excluding hydrogens is 341 g/mol. The van der Waals surface area contributed by atoms with Gasteiger partial charge in [-0.3, -0.25) is 5.01 Å². The summed E-state index contributed by atoms with van der Waals surface area (Å²) in [5.41, 5.74) is -3.13. The van der Waals surface area contributed by atoms with Gasteiger partial charge in [-0.1, -0.05) is 28.1 Å². The lowest BCUT2D eigenvalue weighted by atomic mass is 9.90. The van der Waals surface area contributed by atoms with Crippen LogP contribution in [0.5, 0.6) is 0 Å². The quantitative estimate of drug-likeness (QED) is 0.325. The van der Waals surface area contributed by atoms with Gasteiger partial charge in [0.25, 0.3) is 0 Å². The molecule has 0 aromatic heterocycles. The molecule has 0 aliphatic heterocycles. The van der Waals surface area contributed by atoms with Crippen LogP contribution in [0, 0.1) is 6.92 Å². The molecule has 1 atom stereocenters. The Morgan fingerprint density at radius 1 is 1.40 bits per heavy atom. The summed E-state index contributed by atoms with van der Waals surface area (Å²) >= 11 is 3.12. The summed E-state index contributed by atoms with van der Waals surface area (Å²) in [6.45, 7) is 1.70. The summed E-state index contributed by atoms with van der Waals surface area (Å²) in [5, 5.41) is 13.7. The van der Waals surface area contributed by atoms with Gasteiger partial charge in [-0.05, 0) is 18.6 Å². The third kappa shape index (κ3) is 2.74. The summed E-state index contributed by atoms with van der Waals surface area (Å²) < 4.78 is 40.4. The maximum atomic E-state index is 13.3. The molecule has 5 nitrogen and oxygen atoms in total. The molecule has 1 unspecified atom stereocenters. The fourth-order valence-corrected chi connectivity index (χ4v) is 2.06. The fourth-order valence-electron chi connectivity index (χ4n) is 1.68. The Balaban J connectivity index is 3.58. The molecule has 112 valence electrons. The second kappa shape index (κ2) is 5.58. The number of benzene rings is 1. The van der Waals surface area contributed by atoms with Gasteiger partial charge in [-0.15, -0.1) is 0 Å². The number of halogens is 4. The van der Waals surface area contributed by atoms with Crippen molar-refractivity contribution < 1.29 is 18.3 Å². The maximum Gasteiger partial charge on any atom is 0.428 e.